The van der Waals surface area contributed by atoms with Crippen LogP contribution in [0.3, 0.4) is 0 Å². The Morgan fingerprint density at radius 1 is 1.04 bits per heavy atom. The molecule has 0 bridgehead atoms. The van der Waals surface area contributed by atoms with Crippen LogP contribution in [0.5, 0.6) is 5.75 Å². The van der Waals surface area contributed by atoms with Gasteiger partial charge in [0.2, 0.25) is 0 Å². The molecule has 0 saturated heterocycles. The first kappa shape index (κ1) is 19.0. The highest BCUT2D eigenvalue weighted by atomic mass is 16.5. The third-order valence-electron chi connectivity index (χ3n) is 4.22. The first-order chi connectivity index (χ1) is 11.9. The summed E-state index contributed by atoms with van der Waals surface area (Å²) in [5, 5.41) is 2.97. The van der Waals surface area contributed by atoms with Crippen LogP contribution in [0.15, 0.2) is 54.6 Å². The summed E-state index contributed by atoms with van der Waals surface area (Å²) in [4.78, 5) is 12.4. The van der Waals surface area contributed by atoms with Gasteiger partial charge in [0.15, 0.2) is 6.10 Å². The normalized spacial score (nSPS) is 12.5. The lowest BCUT2D eigenvalue weighted by atomic mass is 9.87. The van der Waals surface area contributed by atoms with E-state index in [0.717, 1.165) is 12.2 Å². The van der Waals surface area contributed by atoms with Gasteiger partial charge >= 0.3 is 0 Å². The van der Waals surface area contributed by atoms with E-state index in [1.807, 2.05) is 37.3 Å². The molecular weight excluding hydrogens is 310 g/mol. The Labute approximate surface area is 151 Å². The van der Waals surface area contributed by atoms with Crippen molar-refractivity contribution < 1.29 is 9.53 Å². The van der Waals surface area contributed by atoms with Crippen LogP contribution in [0, 0.1) is 0 Å². The molecule has 134 valence electrons. The minimum absolute atomic E-state index is 0.0571. The second-order valence-electron chi connectivity index (χ2n) is 7.32. The highest BCUT2D eigenvalue weighted by molar-refractivity contribution is 5.81. The molecule has 3 nitrogen and oxygen atoms in total. The monoisotopic (exact) mass is 339 g/mol. The SMILES string of the molecule is CC[C@@H](Oc1ccc(C(C)(C)C)cc1)C(=O)NCCc1ccccc1. The molecule has 0 aliphatic carbocycles. The van der Waals surface area contributed by atoms with Crippen molar-refractivity contribution >= 4 is 5.91 Å². The van der Waals surface area contributed by atoms with E-state index >= 15 is 0 Å². The summed E-state index contributed by atoms with van der Waals surface area (Å²) in [7, 11) is 0. The second-order valence-corrected chi connectivity index (χ2v) is 7.32. The van der Waals surface area contributed by atoms with E-state index in [-0.39, 0.29) is 11.3 Å². The average molecular weight is 339 g/mol. The Kier molecular flexibility index (Phi) is 6.63. The Hall–Kier alpha value is -2.29. The van der Waals surface area contributed by atoms with Gasteiger partial charge in [0.25, 0.3) is 5.91 Å². The van der Waals surface area contributed by atoms with Crippen molar-refractivity contribution in [3.63, 3.8) is 0 Å². The molecule has 0 unspecified atom stereocenters. The van der Waals surface area contributed by atoms with Crippen LogP contribution in [0.25, 0.3) is 0 Å². The first-order valence-corrected chi connectivity index (χ1v) is 8.99. The molecule has 3 heteroatoms. The highest BCUT2D eigenvalue weighted by Gasteiger charge is 2.18. The Morgan fingerprint density at radius 3 is 2.24 bits per heavy atom. The number of carbonyl (C=O) groups is 1. The number of ether oxygens (including phenoxy) is 1. The molecule has 0 aliphatic heterocycles. The Morgan fingerprint density at radius 2 is 1.68 bits per heavy atom. The summed E-state index contributed by atoms with van der Waals surface area (Å²) in [5.41, 5.74) is 2.58. The van der Waals surface area contributed by atoms with E-state index in [9.17, 15) is 4.79 Å². The first-order valence-electron chi connectivity index (χ1n) is 8.99. The van der Waals surface area contributed by atoms with Gasteiger partial charge in [0.1, 0.15) is 5.75 Å². The number of benzene rings is 2. The topological polar surface area (TPSA) is 38.3 Å². The van der Waals surface area contributed by atoms with E-state index in [2.05, 4.69) is 50.4 Å². The van der Waals surface area contributed by atoms with Gasteiger partial charge in [0.05, 0.1) is 0 Å². The zero-order valence-corrected chi connectivity index (χ0v) is 15.7. The van der Waals surface area contributed by atoms with Crippen molar-refractivity contribution in [1.82, 2.24) is 5.32 Å². The number of hydrogen-bond acceptors (Lipinski definition) is 2. The van der Waals surface area contributed by atoms with Crippen molar-refractivity contribution in [3.8, 4) is 5.75 Å². The molecular formula is C22H29NO2. The molecule has 0 heterocycles. The maximum atomic E-state index is 12.4. The standard InChI is InChI=1S/C22H29NO2/c1-5-20(21(24)23-16-15-17-9-7-6-8-10-17)25-19-13-11-18(12-14-19)22(2,3)4/h6-14,20H,5,15-16H2,1-4H3,(H,23,24)/t20-/m1/s1. The van der Waals surface area contributed by atoms with E-state index in [1.165, 1.54) is 11.1 Å². The summed E-state index contributed by atoms with van der Waals surface area (Å²) in [6, 6.07) is 18.2. The summed E-state index contributed by atoms with van der Waals surface area (Å²) in [5.74, 6) is 0.677. The average Bonchev–Trinajstić information content (AvgIpc) is 2.60. The second kappa shape index (κ2) is 8.70. The summed E-state index contributed by atoms with van der Waals surface area (Å²) in [6.07, 6.45) is 0.998. The third-order valence-corrected chi connectivity index (χ3v) is 4.22. The molecule has 0 aromatic heterocycles. The number of amides is 1. The number of carbonyl (C=O) groups excluding carboxylic acids is 1. The molecule has 0 aliphatic rings. The lowest BCUT2D eigenvalue weighted by molar-refractivity contribution is -0.128. The molecule has 0 spiro atoms. The smallest absolute Gasteiger partial charge is 0.261 e. The minimum atomic E-state index is -0.462. The van der Waals surface area contributed by atoms with E-state index < -0.39 is 6.10 Å². The molecule has 2 rings (SSSR count). The molecule has 0 radical (unpaired) electrons. The van der Waals surface area contributed by atoms with Crippen LogP contribution in [-0.4, -0.2) is 18.6 Å². The van der Waals surface area contributed by atoms with Gasteiger partial charge in [-0.2, -0.15) is 0 Å². The third kappa shape index (κ3) is 5.93. The molecule has 2 aromatic carbocycles. The quantitative estimate of drug-likeness (QED) is 0.806. The van der Waals surface area contributed by atoms with Gasteiger partial charge in [0, 0.05) is 6.54 Å². The van der Waals surface area contributed by atoms with Gasteiger partial charge in [-0.3, -0.25) is 4.79 Å². The Bertz CT molecular complexity index is 657. The minimum Gasteiger partial charge on any atom is -0.481 e. The molecule has 0 saturated carbocycles. The maximum Gasteiger partial charge on any atom is 0.261 e. The van der Waals surface area contributed by atoms with Crippen LogP contribution in [0.2, 0.25) is 0 Å². The largest absolute Gasteiger partial charge is 0.481 e. The van der Waals surface area contributed by atoms with Crippen molar-refractivity contribution in [2.75, 3.05) is 6.54 Å². The van der Waals surface area contributed by atoms with Crippen LogP contribution in [0.4, 0.5) is 0 Å². The molecule has 25 heavy (non-hydrogen) atoms. The maximum absolute atomic E-state index is 12.4. The number of nitrogens with one attached hydrogen (secondary N) is 1. The van der Waals surface area contributed by atoms with Crippen molar-refractivity contribution in [2.45, 2.75) is 52.1 Å². The predicted molar refractivity (Wildman–Crippen MR) is 103 cm³/mol. The van der Waals surface area contributed by atoms with Crippen molar-refractivity contribution in [1.29, 1.82) is 0 Å². The zero-order valence-electron chi connectivity index (χ0n) is 15.7. The fourth-order valence-electron chi connectivity index (χ4n) is 2.61. The van der Waals surface area contributed by atoms with Crippen LogP contribution in [-0.2, 0) is 16.6 Å². The lowest BCUT2D eigenvalue weighted by Gasteiger charge is -2.21. The molecule has 1 amide bonds. The fraction of sp³-hybridized carbons (Fsp3) is 0.409. The number of rotatable bonds is 7. The van der Waals surface area contributed by atoms with E-state index in [4.69, 9.17) is 4.74 Å². The summed E-state index contributed by atoms with van der Waals surface area (Å²) < 4.78 is 5.88. The molecule has 1 N–H and O–H groups in total. The van der Waals surface area contributed by atoms with Gasteiger partial charge in [-0.15, -0.1) is 0 Å². The highest BCUT2D eigenvalue weighted by Crippen LogP contribution is 2.24. The van der Waals surface area contributed by atoms with Gasteiger partial charge < -0.3 is 10.1 Å². The van der Waals surface area contributed by atoms with Crippen LogP contribution >= 0.6 is 0 Å². The number of hydrogen-bond donors (Lipinski definition) is 1. The van der Waals surface area contributed by atoms with Crippen LogP contribution in [0.1, 0.15) is 45.2 Å². The van der Waals surface area contributed by atoms with E-state index in [1.54, 1.807) is 0 Å². The summed E-state index contributed by atoms with van der Waals surface area (Å²) >= 11 is 0. The van der Waals surface area contributed by atoms with Gasteiger partial charge in [-0.05, 0) is 41.5 Å². The lowest BCUT2D eigenvalue weighted by Crippen LogP contribution is -2.38. The zero-order chi connectivity index (χ0) is 18.3. The van der Waals surface area contributed by atoms with Crippen LogP contribution < -0.4 is 10.1 Å². The fourth-order valence-corrected chi connectivity index (χ4v) is 2.61. The molecule has 0 fully saturated rings. The molecule has 1 atom stereocenters. The van der Waals surface area contributed by atoms with Gasteiger partial charge in [-0.25, -0.2) is 0 Å². The van der Waals surface area contributed by atoms with E-state index in [0.29, 0.717) is 13.0 Å². The molecule has 2 aromatic rings. The summed E-state index contributed by atoms with van der Waals surface area (Å²) in [6.45, 7) is 9.12. The van der Waals surface area contributed by atoms with Crippen molar-refractivity contribution in [2.24, 2.45) is 0 Å². The van der Waals surface area contributed by atoms with Gasteiger partial charge in [-0.1, -0.05) is 70.2 Å². The predicted octanol–water partition coefficient (Wildman–Crippen LogP) is 4.50. The van der Waals surface area contributed by atoms with Crippen molar-refractivity contribution in [3.05, 3.63) is 65.7 Å². The Balaban J connectivity index is 1.87.